The number of amides is 2. The summed E-state index contributed by atoms with van der Waals surface area (Å²) in [6.07, 6.45) is 1.85. The summed E-state index contributed by atoms with van der Waals surface area (Å²) in [6, 6.07) is 13.7. The van der Waals surface area contributed by atoms with Crippen molar-refractivity contribution in [1.82, 2.24) is 5.32 Å². The molecule has 0 saturated heterocycles. The molecule has 0 unspecified atom stereocenters. The van der Waals surface area contributed by atoms with Crippen LogP contribution in [-0.4, -0.2) is 19.2 Å². The van der Waals surface area contributed by atoms with E-state index in [1.165, 1.54) is 0 Å². The molecular formula is C21H24N2O3. The minimum Gasteiger partial charge on any atom is -0.486 e. The van der Waals surface area contributed by atoms with Crippen molar-refractivity contribution in [2.24, 2.45) is 0 Å². The second kappa shape index (κ2) is 6.56. The maximum atomic E-state index is 12.6. The van der Waals surface area contributed by atoms with Crippen molar-refractivity contribution in [3.05, 3.63) is 53.6 Å². The van der Waals surface area contributed by atoms with E-state index in [-0.39, 0.29) is 11.6 Å². The molecule has 2 aliphatic rings. The predicted octanol–water partition coefficient (Wildman–Crippen LogP) is 4.39. The highest BCUT2D eigenvalue weighted by atomic mass is 16.6. The first kappa shape index (κ1) is 16.8. The lowest BCUT2D eigenvalue weighted by molar-refractivity contribution is 0.171. The fourth-order valence-corrected chi connectivity index (χ4v) is 3.44. The molecule has 0 radical (unpaired) electrons. The van der Waals surface area contributed by atoms with Crippen LogP contribution in [0.15, 0.2) is 42.5 Å². The van der Waals surface area contributed by atoms with E-state index < -0.39 is 0 Å². The normalized spacial score (nSPS) is 16.9. The first-order valence-electron chi connectivity index (χ1n) is 9.16. The Morgan fingerprint density at radius 2 is 1.77 bits per heavy atom. The van der Waals surface area contributed by atoms with Crippen LogP contribution in [0.25, 0.3) is 0 Å². The van der Waals surface area contributed by atoms with Crippen molar-refractivity contribution < 1.29 is 14.3 Å². The molecule has 2 aromatic rings. The third-order valence-corrected chi connectivity index (χ3v) is 5.03. The van der Waals surface area contributed by atoms with Crippen LogP contribution >= 0.6 is 0 Å². The summed E-state index contributed by atoms with van der Waals surface area (Å²) in [7, 11) is 0. The van der Waals surface area contributed by atoms with Crippen molar-refractivity contribution >= 4 is 11.7 Å². The average molecular weight is 352 g/mol. The molecule has 26 heavy (non-hydrogen) atoms. The molecule has 1 fully saturated rings. The topological polar surface area (TPSA) is 59.6 Å². The molecule has 4 rings (SSSR count). The molecule has 5 heteroatoms. The minimum absolute atomic E-state index is 0.175. The molecule has 1 aliphatic heterocycles. The van der Waals surface area contributed by atoms with E-state index in [0.717, 1.165) is 41.2 Å². The number of hydrogen-bond acceptors (Lipinski definition) is 3. The summed E-state index contributed by atoms with van der Waals surface area (Å²) in [6.45, 7) is 5.38. The van der Waals surface area contributed by atoms with Crippen LogP contribution in [0, 0.1) is 0 Å². The lowest BCUT2D eigenvalue weighted by Gasteiger charge is -2.23. The van der Waals surface area contributed by atoms with E-state index in [1.807, 2.05) is 42.5 Å². The lowest BCUT2D eigenvalue weighted by atomic mass is 10.0. The maximum Gasteiger partial charge on any atom is 0.319 e. The first-order chi connectivity index (χ1) is 12.6. The Labute approximate surface area is 153 Å². The van der Waals surface area contributed by atoms with Gasteiger partial charge in [0.05, 0.1) is 5.54 Å². The zero-order valence-corrected chi connectivity index (χ0v) is 15.2. The summed E-state index contributed by atoms with van der Waals surface area (Å²) in [5, 5.41) is 6.17. The van der Waals surface area contributed by atoms with E-state index in [9.17, 15) is 4.79 Å². The lowest BCUT2D eigenvalue weighted by Crippen LogP contribution is -2.38. The van der Waals surface area contributed by atoms with Gasteiger partial charge in [-0.3, -0.25) is 0 Å². The Morgan fingerprint density at radius 3 is 2.50 bits per heavy atom. The standard InChI is InChI=1S/C21H24N2O3/c1-14(2)16-5-3-4-6-17(16)22-20(24)23-21(9-10-21)15-7-8-18-19(13-15)26-12-11-25-18/h3-8,13-14H,9-12H2,1-2H3,(H2,22,23,24). The minimum atomic E-state index is -0.313. The van der Waals surface area contributed by atoms with E-state index >= 15 is 0 Å². The third kappa shape index (κ3) is 3.21. The zero-order valence-electron chi connectivity index (χ0n) is 15.2. The van der Waals surface area contributed by atoms with Gasteiger partial charge in [0.1, 0.15) is 13.2 Å². The molecule has 5 nitrogen and oxygen atoms in total. The summed E-state index contributed by atoms with van der Waals surface area (Å²) < 4.78 is 11.3. The second-order valence-corrected chi connectivity index (χ2v) is 7.26. The number of nitrogens with one attached hydrogen (secondary N) is 2. The Kier molecular flexibility index (Phi) is 4.23. The van der Waals surface area contributed by atoms with Gasteiger partial charge in [-0.1, -0.05) is 38.1 Å². The SMILES string of the molecule is CC(C)c1ccccc1NC(=O)NC1(c2ccc3c(c2)OCCO3)CC1. The monoisotopic (exact) mass is 352 g/mol. The van der Waals surface area contributed by atoms with E-state index in [1.54, 1.807) is 0 Å². The maximum absolute atomic E-state index is 12.6. The number of anilines is 1. The van der Waals surface area contributed by atoms with Crippen molar-refractivity contribution in [2.45, 2.75) is 38.1 Å². The first-order valence-corrected chi connectivity index (χ1v) is 9.16. The smallest absolute Gasteiger partial charge is 0.319 e. The number of benzene rings is 2. The molecule has 0 spiro atoms. The number of carbonyl (C=O) groups is 1. The molecule has 2 aromatic carbocycles. The summed E-state index contributed by atoms with van der Waals surface area (Å²) in [5.41, 5.74) is 2.74. The zero-order chi connectivity index (χ0) is 18.1. The second-order valence-electron chi connectivity index (χ2n) is 7.26. The van der Waals surface area contributed by atoms with Gasteiger partial charge in [-0.2, -0.15) is 0 Å². The van der Waals surface area contributed by atoms with Gasteiger partial charge in [-0.05, 0) is 48.1 Å². The fourth-order valence-electron chi connectivity index (χ4n) is 3.44. The highest BCUT2D eigenvalue weighted by Crippen LogP contribution is 2.48. The Hall–Kier alpha value is -2.69. The number of fused-ring (bicyclic) bond motifs is 1. The largest absolute Gasteiger partial charge is 0.486 e. The molecule has 0 bridgehead atoms. The van der Waals surface area contributed by atoms with Gasteiger partial charge < -0.3 is 20.1 Å². The van der Waals surface area contributed by atoms with Crippen molar-refractivity contribution in [1.29, 1.82) is 0 Å². The van der Waals surface area contributed by atoms with Crippen LogP contribution in [0.4, 0.5) is 10.5 Å². The fraction of sp³-hybridized carbons (Fsp3) is 0.381. The van der Waals surface area contributed by atoms with Gasteiger partial charge in [0, 0.05) is 5.69 Å². The van der Waals surface area contributed by atoms with Gasteiger partial charge in [0.25, 0.3) is 0 Å². The highest BCUT2D eigenvalue weighted by Gasteiger charge is 2.46. The molecule has 2 N–H and O–H groups in total. The highest BCUT2D eigenvalue weighted by molar-refractivity contribution is 5.91. The molecule has 1 saturated carbocycles. The van der Waals surface area contributed by atoms with Crippen molar-refractivity contribution in [3.8, 4) is 11.5 Å². The number of ether oxygens (including phenoxy) is 2. The molecule has 1 heterocycles. The molecule has 0 atom stereocenters. The summed E-state index contributed by atoms with van der Waals surface area (Å²) in [4.78, 5) is 12.6. The number of para-hydroxylation sites is 1. The Balaban J connectivity index is 1.49. The molecule has 0 aromatic heterocycles. The van der Waals surface area contributed by atoms with E-state index in [4.69, 9.17) is 9.47 Å². The number of hydrogen-bond donors (Lipinski definition) is 2. The number of carbonyl (C=O) groups excluding carboxylic acids is 1. The van der Waals surface area contributed by atoms with Crippen LogP contribution in [0.2, 0.25) is 0 Å². The van der Waals surface area contributed by atoms with Gasteiger partial charge >= 0.3 is 6.03 Å². The van der Waals surface area contributed by atoms with Gasteiger partial charge in [0.15, 0.2) is 11.5 Å². The van der Waals surface area contributed by atoms with E-state index in [2.05, 4.69) is 24.5 Å². The molecular weight excluding hydrogens is 328 g/mol. The number of rotatable bonds is 4. The summed E-state index contributed by atoms with van der Waals surface area (Å²) >= 11 is 0. The van der Waals surface area contributed by atoms with Gasteiger partial charge in [-0.25, -0.2) is 4.79 Å². The predicted molar refractivity (Wildman–Crippen MR) is 101 cm³/mol. The van der Waals surface area contributed by atoms with Crippen LogP contribution in [-0.2, 0) is 5.54 Å². The molecule has 2 amide bonds. The van der Waals surface area contributed by atoms with Crippen LogP contribution in [0.1, 0.15) is 43.7 Å². The van der Waals surface area contributed by atoms with Crippen molar-refractivity contribution in [3.63, 3.8) is 0 Å². The average Bonchev–Trinajstić information content (AvgIpc) is 3.42. The number of urea groups is 1. The Bertz CT molecular complexity index is 828. The van der Waals surface area contributed by atoms with Crippen LogP contribution in [0.5, 0.6) is 11.5 Å². The molecule has 136 valence electrons. The van der Waals surface area contributed by atoms with Gasteiger partial charge in [-0.15, -0.1) is 0 Å². The van der Waals surface area contributed by atoms with E-state index in [0.29, 0.717) is 19.1 Å². The quantitative estimate of drug-likeness (QED) is 0.858. The Morgan fingerprint density at radius 1 is 1.04 bits per heavy atom. The van der Waals surface area contributed by atoms with Gasteiger partial charge in [0.2, 0.25) is 0 Å². The summed E-state index contributed by atoms with van der Waals surface area (Å²) in [5.74, 6) is 1.87. The van der Waals surface area contributed by atoms with Crippen molar-refractivity contribution in [2.75, 3.05) is 18.5 Å². The van der Waals surface area contributed by atoms with Crippen LogP contribution in [0.3, 0.4) is 0 Å². The third-order valence-electron chi connectivity index (χ3n) is 5.03. The molecule has 1 aliphatic carbocycles. The van der Waals surface area contributed by atoms with Crippen LogP contribution < -0.4 is 20.1 Å².